The predicted octanol–water partition coefficient (Wildman–Crippen LogP) is 2.13. The van der Waals surface area contributed by atoms with Crippen molar-refractivity contribution in [2.45, 2.75) is 19.3 Å². The summed E-state index contributed by atoms with van der Waals surface area (Å²) < 4.78 is 0. The van der Waals surface area contributed by atoms with Crippen LogP contribution in [-0.4, -0.2) is 35.7 Å². The molecule has 0 atom stereocenters. The smallest absolute Gasteiger partial charge is 0.327 e. The quantitative estimate of drug-likeness (QED) is 0.643. The minimum absolute atomic E-state index is 0.399. The Bertz CT molecular complexity index is 782. The van der Waals surface area contributed by atoms with Gasteiger partial charge in [-0.15, -0.1) is 0 Å². The van der Waals surface area contributed by atoms with Crippen LogP contribution in [0.2, 0.25) is 0 Å². The minimum atomic E-state index is -0.818. The second kappa shape index (κ2) is 8.29. The Morgan fingerprint density at radius 1 is 0.731 bits per heavy atom. The molecule has 0 bridgehead atoms. The zero-order valence-corrected chi connectivity index (χ0v) is 14.4. The van der Waals surface area contributed by atoms with Crippen molar-refractivity contribution in [2.24, 2.45) is 0 Å². The van der Waals surface area contributed by atoms with Gasteiger partial charge < -0.3 is 4.90 Å². The van der Waals surface area contributed by atoms with Crippen molar-refractivity contribution in [1.29, 1.82) is 0 Å². The number of likely N-dealkylation sites (tertiary alicyclic amines) is 1. The van der Waals surface area contributed by atoms with Crippen molar-refractivity contribution in [2.75, 3.05) is 13.1 Å². The molecule has 0 aliphatic carbocycles. The van der Waals surface area contributed by atoms with Gasteiger partial charge in [-0.25, -0.2) is 0 Å². The van der Waals surface area contributed by atoms with Crippen molar-refractivity contribution in [1.82, 2.24) is 15.8 Å². The third-order valence-corrected chi connectivity index (χ3v) is 4.38. The van der Waals surface area contributed by atoms with Crippen LogP contribution in [0.25, 0.3) is 11.1 Å². The average molecular weight is 351 g/mol. The van der Waals surface area contributed by atoms with E-state index in [0.717, 1.165) is 30.4 Å². The molecular weight excluding hydrogens is 330 g/mol. The molecule has 26 heavy (non-hydrogen) atoms. The van der Waals surface area contributed by atoms with Crippen LogP contribution in [0.1, 0.15) is 29.6 Å². The normalized spacial score (nSPS) is 13.8. The SMILES string of the molecule is O=C(NNC(=O)c1ccc(-c2ccccc2)cc1)C(=O)N1CCCCC1. The molecule has 2 aromatic rings. The minimum Gasteiger partial charge on any atom is -0.334 e. The van der Waals surface area contributed by atoms with E-state index in [0.29, 0.717) is 18.7 Å². The Morgan fingerprint density at radius 2 is 1.35 bits per heavy atom. The third kappa shape index (κ3) is 4.27. The van der Waals surface area contributed by atoms with Gasteiger partial charge in [0.25, 0.3) is 5.91 Å². The summed E-state index contributed by atoms with van der Waals surface area (Å²) in [7, 11) is 0. The van der Waals surface area contributed by atoms with Crippen LogP contribution in [0.4, 0.5) is 0 Å². The van der Waals surface area contributed by atoms with Gasteiger partial charge in [0.2, 0.25) is 0 Å². The third-order valence-electron chi connectivity index (χ3n) is 4.38. The number of nitrogens with zero attached hydrogens (tertiary/aromatic N) is 1. The highest BCUT2D eigenvalue weighted by molar-refractivity contribution is 6.35. The van der Waals surface area contributed by atoms with Crippen LogP contribution >= 0.6 is 0 Å². The second-order valence-electron chi connectivity index (χ2n) is 6.20. The molecule has 1 heterocycles. The van der Waals surface area contributed by atoms with Gasteiger partial charge in [-0.1, -0.05) is 42.5 Å². The number of amides is 3. The van der Waals surface area contributed by atoms with E-state index in [-0.39, 0.29) is 0 Å². The highest BCUT2D eigenvalue weighted by Crippen LogP contribution is 2.19. The Labute approximate surface area is 152 Å². The summed E-state index contributed by atoms with van der Waals surface area (Å²) in [6.45, 7) is 1.17. The Morgan fingerprint density at radius 3 is 2.00 bits per heavy atom. The lowest BCUT2D eigenvalue weighted by Gasteiger charge is -2.25. The zero-order chi connectivity index (χ0) is 18.4. The number of nitrogens with one attached hydrogen (secondary N) is 2. The Hall–Kier alpha value is -3.15. The van der Waals surface area contributed by atoms with Gasteiger partial charge in [-0.3, -0.25) is 25.2 Å². The topological polar surface area (TPSA) is 78.5 Å². The molecule has 1 saturated heterocycles. The fourth-order valence-corrected chi connectivity index (χ4v) is 2.92. The number of carbonyl (C=O) groups excluding carboxylic acids is 3. The van der Waals surface area contributed by atoms with Crippen LogP contribution in [0, 0.1) is 0 Å². The molecule has 0 unspecified atom stereocenters. The number of piperidine rings is 1. The molecular formula is C20H21N3O3. The highest BCUT2D eigenvalue weighted by Gasteiger charge is 2.23. The van der Waals surface area contributed by atoms with Crippen LogP contribution in [0.5, 0.6) is 0 Å². The number of benzene rings is 2. The van der Waals surface area contributed by atoms with Crippen LogP contribution in [0.3, 0.4) is 0 Å². The first kappa shape index (κ1) is 17.7. The zero-order valence-electron chi connectivity index (χ0n) is 14.4. The lowest BCUT2D eigenvalue weighted by atomic mass is 10.0. The summed E-state index contributed by atoms with van der Waals surface area (Å²) in [6, 6.07) is 16.8. The largest absolute Gasteiger partial charge is 0.334 e. The van der Waals surface area contributed by atoms with Crippen LogP contribution < -0.4 is 10.9 Å². The first-order chi connectivity index (χ1) is 12.6. The summed E-state index contributed by atoms with van der Waals surface area (Å²) in [6.07, 6.45) is 2.87. The van der Waals surface area contributed by atoms with Gasteiger partial charge >= 0.3 is 11.8 Å². The van der Waals surface area contributed by atoms with Crippen molar-refractivity contribution in [3.63, 3.8) is 0 Å². The standard InChI is InChI=1S/C20H21N3O3/c24-18(21-22-19(25)20(26)23-13-5-2-6-14-23)17-11-9-16(10-12-17)15-7-3-1-4-8-15/h1,3-4,7-12H,2,5-6,13-14H2,(H,21,24)(H,22,25). The maximum absolute atomic E-state index is 12.1. The van der Waals surface area contributed by atoms with Gasteiger partial charge in [0.1, 0.15) is 0 Å². The van der Waals surface area contributed by atoms with E-state index < -0.39 is 17.7 Å². The lowest BCUT2D eigenvalue weighted by Crippen LogP contribution is -2.50. The molecule has 134 valence electrons. The molecule has 2 N–H and O–H groups in total. The van der Waals surface area contributed by atoms with E-state index in [4.69, 9.17) is 0 Å². The first-order valence-electron chi connectivity index (χ1n) is 8.70. The number of hydrogen-bond acceptors (Lipinski definition) is 3. The molecule has 3 amide bonds. The molecule has 3 rings (SSSR count). The van der Waals surface area contributed by atoms with Crippen molar-refractivity contribution < 1.29 is 14.4 Å². The molecule has 6 nitrogen and oxygen atoms in total. The van der Waals surface area contributed by atoms with E-state index in [2.05, 4.69) is 10.9 Å². The fraction of sp³-hybridized carbons (Fsp3) is 0.250. The van der Waals surface area contributed by atoms with Crippen LogP contribution in [0.15, 0.2) is 54.6 Å². The maximum atomic E-state index is 12.1. The molecule has 1 aliphatic heterocycles. The van der Waals surface area contributed by atoms with Crippen LogP contribution in [-0.2, 0) is 9.59 Å². The van der Waals surface area contributed by atoms with Crippen molar-refractivity contribution >= 4 is 17.7 Å². The lowest BCUT2D eigenvalue weighted by molar-refractivity contribution is -0.146. The van der Waals surface area contributed by atoms with E-state index >= 15 is 0 Å². The molecule has 0 saturated carbocycles. The Balaban J connectivity index is 1.54. The summed E-state index contributed by atoms with van der Waals surface area (Å²) in [5, 5.41) is 0. The molecule has 6 heteroatoms. The fourth-order valence-electron chi connectivity index (χ4n) is 2.92. The molecule has 0 radical (unpaired) electrons. The number of hydrogen-bond donors (Lipinski definition) is 2. The van der Waals surface area contributed by atoms with E-state index in [1.54, 1.807) is 12.1 Å². The highest BCUT2D eigenvalue weighted by atomic mass is 16.2. The van der Waals surface area contributed by atoms with Gasteiger partial charge in [-0.2, -0.15) is 0 Å². The number of carbonyl (C=O) groups is 3. The molecule has 1 aliphatic rings. The predicted molar refractivity (Wildman–Crippen MR) is 97.9 cm³/mol. The number of hydrazine groups is 1. The second-order valence-corrected chi connectivity index (χ2v) is 6.20. The maximum Gasteiger partial charge on any atom is 0.327 e. The van der Waals surface area contributed by atoms with Gasteiger partial charge in [-0.05, 0) is 42.5 Å². The monoisotopic (exact) mass is 351 g/mol. The molecule has 1 fully saturated rings. The van der Waals surface area contributed by atoms with E-state index in [1.807, 2.05) is 42.5 Å². The molecule has 0 spiro atoms. The van der Waals surface area contributed by atoms with Crippen molar-refractivity contribution in [3.05, 3.63) is 60.2 Å². The summed E-state index contributed by atoms with van der Waals surface area (Å²) >= 11 is 0. The molecule has 0 aromatic heterocycles. The van der Waals surface area contributed by atoms with E-state index in [1.165, 1.54) is 4.90 Å². The molecule has 2 aromatic carbocycles. The van der Waals surface area contributed by atoms with E-state index in [9.17, 15) is 14.4 Å². The van der Waals surface area contributed by atoms with Gasteiger partial charge in [0.05, 0.1) is 0 Å². The average Bonchev–Trinajstić information content (AvgIpc) is 2.72. The first-order valence-corrected chi connectivity index (χ1v) is 8.70. The Kier molecular flexibility index (Phi) is 5.63. The van der Waals surface area contributed by atoms with Crippen molar-refractivity contribution in [3.8, 4) is 11.1 Å². The summed E-state index contributed by atoms with van der Waals surface area (Å²) in [5.41, 5.74) is 6.93. The summed E-state index contributed by atoms with van der Waals surface area (Å²) in [4.78, 5) is 37.6. The number of rotatable bonds is 2. The van der Waals surface area contributed by atoms with Gasteiger partial charge in [0, 0.05) is 18.7 Å². The van der Waals surface area contributed by atoms with Gasteiger partial charge in [0.15, 0.2) is 0 Å². The summed E-state index contributed by atoms with van der Waals surface area (Å²) in [5.74, 6) is -1.89.